The SMILES string of the molecule is COC(=O)[C@@H](Cc1ccccc1)N1C(=O)CN[C@H](Cc2c[nH]c3ccccc23)C1=O. The Morgan fingerprint density at radius 3 is 2.63 bits per heavy atom. The number of carbonyl (C=O) groups excluding carboxylic acids is 3. The minimum Gasteiger partial charge on any atom is -0.467 e. The van der Waals surface area contributed by atoms with Crippen molar-refractivity contribution in [1.82, 2.24) is 15.2 Å². The Morgan fingerprint density at radius 1 is 1.13 bits per heavy atom. The van der Waals surface area contributed by atoms with E-state index in [1.165, 1.54) is 7.11 Å². The molecule has 4 rings (SSSR count). The number of H-pyrrole nitrogens is 1. The summed E-state index contributed by atoms with van der Waals surface area (Å²) in [5.74, 6) is -1.45. The van der Waals surface area contributed by atoms with E-state index in [1.54, 1.807) is 0 Å². The molecule has 30 heavy (non-hydrogen) atoms. The van der Waals surface area contributed by atoms with E-state index in [0.29, 0.717) is 6.42 Å². The molecule has 1 aromatic heterocycles. The summed E-state index contributed by atoms with van der Waals surface area (Å²) in [7, 11) is 1.26. The zero-order valence-electron chi connectivity index (χ0n) is 16.6. The lowest BCUT2D eigenvalue weighted by Gasteiger charge is -2.35. The van der Waals surface area contributed by atoms with Gasteiger partial charge in [0, 0.05) is 23.5 Å². The number of para-hydroxylation sites is 1. The number of hydrogen-bond donors (Lipinski definition) is 2. The van der Waals surface area contributed by atoms with Gasteiger partial charge in [0.2, 0.25) is 11.8 Å². The van der Waals surface area contributed by atoms with Crippen molar-refractivity contribution < 1.29 is 19.1 Å². The molecule has 7 heteroatoms. The van der Waals surface area contributed by atoms with E-state index in [4.69, 9.17) is 4.74 Å². The molecule has 2 amide bonds. The second-order valence-electron chi connectivity index (χ2n) is 7.33. The van der Waals surface area contributed by atoms with E-state index in [2.05, 4.69) is 10.3 Å². The van der Waals surface area contributed by atoms with Gasteiger partial charge in [0.25, 0.3) is 0 Å². The van der Waals surface area contributed by atoms with Crippen LogP contribution in [0, 0.1) is 0 Å². The van der Waals surface area contributed by atoms with Gasteiger partial charge in [-0.1, -0.05) is 48.5 Å². The molecule has 2 N–H and O–H groups in total. The fourth-order valence-electron chi connectivity index (χ4n) is 3.93. The number of imide groups is 1. The van der Waals surface area contributed by atoms with Crippen LogP contribution in [-0.2, 0) is 32.0 Å². The van der Waals surface area contributed by atoms with E-state index >= 15 is 0 Å². The van der Waals surface area contributed by atoms with Crippen LogP contribution in [0.1, 0.15) is 11.1 Å². The highest BCUT2D eigenvalue weighted by Gasteiger charge is 2.42. The number of aromatic nitrogens is 1. The fraction of sp³-hybridized carbons (Fsp3) is 0.261. The third kappa shape index (κ3) is 3.84. The number of hydrogen-bond acceptors (Lipinski definition) is 5. The van der Waals surface area contributed by atoms with Crippen molar-refractivity contribution in [1.29, 1.82) is 0 Å². The van der Waals surface area contributed by atoms with Gasteiger partial charge in [-0.2, -0.15) is 0 Å². The Morgan fingerprint density at radius 2 is 1.87 bits per heavy atom. The molecule has 1 aliphatic rings. The number of carbonyl (C=O) groups is 3. The minimum absolute atomic E-state index is 0.0129. The van der Waals surface area contributed by atoms with Gasteiger partial charge in [-0.3, -0.25) is 19.8 Å². The highest BCUT2D eigenvalue weighted by Crippen LogP contribution is 2.22. The molecule has 0 aliphatic carbocycles. The van der Waals surface area contributed by atoms with E-state index in [-0.39, 0.29) is 13.0 Å². The smallest absolute Gasteiger partial charge is 0.329 e. The topological polar surface area (TPSA) is 91.5 Å². The van der Waals surface area contributed by atoms with Crippen molar-refractivity contribution in [3.63, 3.8) is 0 Å². The first-order valence-corrected chi connectivity index (χ1v) is 9.84. The van der Waals surface area contributed by atoms with E-state index in [0.717, 1.165) is 26.9 Å². The first kappa shape index (κ1) is 19.8. The Hall–Kier alpha value is -3.45. The van der Waals surface area contributed by atoms with Crippen LogP contribution in [0.2, 0.25) is 0 Å². The number of esters is 1. The Bertz CT molecular complexity index is 1080. The van der Waals surface area contributed by atoms with Crippen molar-refractivity contribution in [3.05, 3.63) is 71.9 Å². The lowest BCUT2D eigenvalue weighted by Crippen LogP contribution is -2.63. The van der Waals surface area contributed by atoms with Crippen LogP contribution in [0.15, 0.2) is 60.8 Å². The number of ether oxygens (including phenoxy) is 1. The van der Waals surface area contributed by atoms with Gasteiger partial charge in [0.15, 0.2) is 0 Å². The maximum absolute atomic E-state index is 13.3. The van der Waals surface area contributed by atoms with Gasteiger partial charge in [0.05, 0.1) is 19.7 Å². The van der Waals surface area contributed by atoms with Crippen LogP contribution < -0.4 is 5.32 Å². The maximum atomic E-state index is 13.3. The number of amides is 2. The molecule has 1 aliphatic heterocycles. The summed E-state index contributed by atoms with van der Waals surface area (Å²) >= 11 is 0. The lowest BCUT2D eigenvalue weighted by molar-refractivity contribution is -0.162. The normalized spacial score (nSPS) is 17.9. The van der Waals surface area contributed by atoms with Crippen LogP contribution in [0.3, 0.4) is 0 Å². The summed E-state index contributed by atoms with van der Waals surface area (Å²) in [5.41, 5.74) is 2.81. The number of rotatable bonds is 6. The molecular formula is C23H23N3O4. The van der Waals surface area contributed by atoms with E-state index < -0.39 is 29.9 Å². The Balaban J connectivity index is 1.60. The van der Waals surface area contributed by atoms with Crippen molar-refractivity contribution >= 4 is 28.7 Å². The van der Waals surface area contributed by atoms with Gasteiger partial charge in [-0.05, 0) is 23.6 Å². The summed E-state index contributed by atoms with van der Waals surface area (Å²) in [6.07, 6.45) is 2.50. The van der Waals surface area contributed by atoms with Gasteiger partial charge < -0.3 is 9.72 Å². The van der Waals surface area contributed by atoms with Gasteiger partial charge in [-0.25, -0.2) is 4.79 Å². The largest absolute Gasteiger partial charge is 0.467 e. The van der Waals surface area contributed by atoms with E-state index in [1.807, 2.05) is 60.8 Å². The van der Waals surface area contributed by atoms with Crippen LogP contribution in [-0.4, -0.2) is 53.4 Å². The minimum atomic E-state index is -0.995. The van der Waals surface area contributed by atoms with Gasteiger partial charge >= 0.3 is 5.97 Å². The van der Waals surface area contributed by atoms with Crippen molar-refractivity contribution in [3.8, 4) is 0 Å². The molecule has 0 unspecified atom stereocenters. The zero-order chi connectivity index (χ0) is 21.1. The monoisotopic (exact) mass is 405 g/mol. The number of benzene rings is 2. The van der Waals surface area contributed by atoms with Crippen LogP contribution in [0.25, 0.3) is 10.9 Å². The molecule has 1 fully saturated rings. The molecule has 1 saturated heterocycles. The Labute approximate surface area is 174 Å². The predicted octanol–water partition coefficient (Wildman–Crippen LogP) is 1.82. The summed E-state index contributed by atoms with van der Waals surface area (Å²) in [6.45, 7) is -0.0129. The lowest BCUT2D eigenvalue weighted by atomic mass is 9.99. The molecule has 2 atom stereocenters. The summed E-state index contributed by atoms with van der Waals surface area (Å²) in [4.78, 5) is 42.7. The molecular weight excluding hydrogens is 382 g/mol. The van der Waals surface area contributed by atoms with Crippen LogP contribution in [0.5, 0.6) is 0 Å². The molecule has 2 heterocycles. The summed E-state index contributed by atoms with van der Waals surface area (Å²) in [5, 5.41) is 4.05. The highest BCUT2D eigenvalue weighted by atomic mass is 16.5. The average Bonchev–Trinajstić information content (AvgIpc) is 3.18. The summed E-state index contributed by atoms with van der Waals surface area (Å²) < 4.78 is 4.92. The molecule has 0 bridgehead atoms. The van der Waals surface area contributed by atoms with Gasteiger partial charge in [-0.15, -0.1) is 0 Å². The average molecular weight is 405 g/mol. The number of aromatic amines is 1. The number of fused-ring (bicyclic) bond motifs is 1. The first-order chi connectivity index (χ1) is 14.6. The number of piperazine rings is 1. The number of nitrogens with zero attached hydrogens (tertiary/aromatic N) is 1. The first-order valence-electron chi connectivity index (χ1n) is 9.84. The molecule has 3 aromatic rings. The van der Waals surface area contributed by atoms with Crippen molar-refractivity contribution in [2.24, 2.45) is 0 Å². The summed E-state index contributed by atoms with van der Waals surface area (Å²) in [6, 6.07) is 15.5. The number of nitrogens with one attached hydrogen (secondary N) is 2. The van der Waals surface area contributed by atoms with E-state index in [9.17, 15) is 14.4 Å². The maximum Gasteiger partial charge on any atom is 0.329 e. The highest BCUT2D eigenvalue weighted by molar-refractivity contribution is 6.04. The van der Waals surface area contributed by atoms with Crippen molar-refractivity contribution in [2.75, 3.05) is 13.7 Å². The molecule has 154 valence electrons. The predicted molar refractivity (Wildman–Crippen MR) is 112 cm³/mol. The molecule has 0 radical (unpaired) electrons. The third-order valence-corrected chi connectivity index (χ3v) is 5.46. The molecule has 7 nitrogen and oxygen atoms in total. The second-order valence-corrected chi connectivity index (χ2v) is 7.33. The molecule has 2 aromatic carbocycles. The Kier molecular flexibility index (Phi) is 5.63. The zero-order valence-corrected chi connectivity index (χ0v) is 16.6. The van der Waals surface area contributed by atoms with Crippen LogP contribution in [0.4, 0.5) is 0 Å². The fourth-order valence-corrected chi connectivity index (χ4v) is 3.93. The van der Waals surface area contributed by atoms with Crippen LogP contribution >= 0.6 is 0 Å². The molecule has 0 spiro atoms. The van der Waals surface area contributed by atoms with Crippen molar-refractivity contribution in [2.45, 2.75) is 24.9 Å². The standard InChI is InChI=1S/C23H23N3O4/c1-30-23(29)20(11-15-7-3-2-4-8-15)26-21(27)14-25-19(22(26)28)12-16-13-24-18-10-6-5-9-17(16)18/h2-10,13,19-20,24-25H,11-12,14H2,1H3/t19-,20-/m1/s1. The number of methoxy groups -OCH3 is 1. The third-order valence-electron chi connectivity index (χ3n) is 5.46. The molecule has 0 saturated carbocycles. The quantitative estimate of drug-likeness (QED) is 0.482. The second kappa shape index (κ2) is 8.51. The van der Waals surface area contributed by atoms with Gasteiger partial charge in [0.1, 0.15) is 6.04 Å².